The molecular weight excluding hydrogens is 242 g/mol. The van der Waals surface area contributed by atoms with Crippen molar-refractivity contribution in [1.82, 2.24) is 9.69 Å². The molecule has 17 heavy (non-hydrogen) atoms. The number of hydrogen-bond donors (Lipinski definition) is 3. The normalized spacial score (nSPS) is 10.0. The van der Waals surface area contributed by atoms with Crippen LogP contribution in [0.4, 0.5) is 5.00 Å². The number of hydrogen-bond acceptors (Lipinski definition) is 5. The molecule has 0 aliphatic heterocycles. The topological polar surface area (TPSA) is 91.3 Å². The molecule has 1 amide bonds. The molecule has 0 aliphatic carbocycles. The van der Waals surface area contributed by atoms with Gasteiger partial charge in [-0.15, -0.1) is 0 Å². The van der Waals surface area contributed by atoms with Crippen molar-refractivity contribution in [1.29, 1.82) is 0 Å². The van der Waals surface area contributed by atoms with Crippen molar-refractivity contribution in [3.05, 3.63) is 11.3 Å². The molecule has 0 bridgehead atoms. The first-order valence-electron chi connectivity index (χ1n) is 5.20. The van der Waals surface area contributed by atoms with Crippen molar-refractivity contribution in [3.8, 4) is 0 Å². The quantitative estimate of drug-likeness (QED) is 0.663. The molecular formula is C10H15N3O3S. The highest BCUT2D eigenvalue weighted by atomic mass is 32.1. The van der Waals surface area contributed by atoms with Crippen LogP contribution < -0.4 is 10.6 Å². The Morgan fingerprint density at radius 1 is 1.47 bits per heavy atom. The summed E-state index contributed by atoms with van der Waals surface area (Å²) in [5, 5.41) is 14.8. The summed E-state index contributed by atoms with van der Waals surface area (Å²) in [6.45, 7) is 2.12. The van der Waals surface area contributed by atoms with Crippen LogP contribution in [0.25, 0.3) is 0 Å². The fourth-order valence-electron chi connectivity index (χ4n) is 1.34. The van der Waals surface area contributed by atoms with Crippen molar-refractivity contribution in [2.24, 2.45) is 0 Å². The van der Waals surface area contributed by atoms with Gasteiger partial charge in [0.25, 0.3) is 5.91 Å². The van der Waals surface area contributed by atoms with Gasteiger partial charge in [-0.3, -0.25) is 9.59 Å². The number of aryl methyl sites for hydroxylation is 1. The number of carbonyl (C=O) groups is 2. The van der Waals surface area contributed by atoms with Gasteiger partial charge >= 0.3 is 5.97 Å². The van der Waals surface area contributed by atoms with E-state index in [0.717, 1.165) is 5.00 Å². The Labute approximate surface area is 103 Å². The minimum Gasteiger partial charge on any atom is -0.481 e. The number of nitrogens with one attached hydrogen (secondary N) is 2. The summed E-state index contributed by atoms with van der Waals surface area (Å²) in [7, 11) is 1.73. The number of anilines is 1. The van der Waals surface area contributed by atoms with Gasteiger partial charge in [-0.05, 0) is 24.9 Å². The highest BCUT2D eigenvalue weighted by molar-refractivity contribution is 7.10. The van der Waals surface area contributed by atoms with E-state index in [1.54, 1.807) is 14.0 Å². The van der Waals surface area contributed by atoms with E-state index in [9.17, 15) is 9.59 Å². The predicted molar refractivity (Wildman–Crippen MR) is 65.6 cm³/mol. The molecule has 1 rings (SSSR count). The molecule has 0 saturated carbocycles. The van der Waals surface area contributed by atoms with Crippen LogP contribution in [0, 0.1) is 6.92 Å². The number of amides is 1. The summed E-state index contributed by atoms with van der Waals surface area (Å²) < 4.78 is 4.09. The fourth-order valence-corrected chi connectivity index (χ4v) is 2.08. The zero-order chi connectivity index (χ0) is 12.8. The van der Waals surface area contributed by atoms with Crippen LogP contribution in [0.5, 0.6) is 0 Å². The molecule has 1 aromatic rings. The maximum absolute atomic E-state index is 11.8. The summed E-state index contributed by atoms with van der Waals surface area (Å²) in [6, 6.07) is 0. The number of carboxylic acid groups (broad SMARTS) is 1. The number of carboxylic acids is 1. The van der Waals surface area contributed by atoms with Gasteiger partial charge < -0.3 is 15.7 Å². The van der Waals surface area contributed by atoms with Crippen LogP contribution in [-0.4, -0.2) is 34.9 Å². The highest BCUT2D eigenvalue weighted by Crippen LogP contribution is 2.23. The lowest BCUT2D eigenvalue weighted by molar-refractivity contribution is -0.137. The molecule has 7 heteroatoms. The molecule has 0 aliphatic rings. The molecule has 0 unspecified atom stereocenters. The van der Waals surface area contributed by atoms with E-state index in [1.165, 1.54) is 11.5 Å². The van der Waals surface area contributed by atoms with E-state index in [-0.39, 0.29) is 12.3 Å². The molecule has 0 spiro atoms. The zero-order valence-electron chi connectivity index (χ0n) is 9.74. The molecule has 3 N–H and O–H groups in total. The first-order valence-corrected chi connectivity index (χ1v) is 5.97. The van der Waals surface area contributed by atoms with Crippen molar-refractivity contribution < 1.29 is 14.7 Å². The second-order valence-electron chi connectivity index (χ2n) is 3.48. The van der Waals surface area contributed by atoms with Crippen molar-refractivity contribution in [2.45, 2.75) is 19.8 Å². The minimum absolute atomic E-state index is 0.0556. The SMILES string of the molecule is CNc1snc(C)c1C(=O)NCCCC(=O)O. The zero-order valence-corrected chi connectivity index (χ0v) is 10.6. The Hall–Kier alpha value is -1.63. The van der Waals surface area contributed by atoms with Gasteiger partial charge in [0, 0.05) is 20.0 Å². The molecule has 0 aromatic carbocycles. The second kappa shape index (κ2) is 6.19. The third-order valence-corrected chi connectivity index (χ3v) is 3.13. The van der Waals surface area contributed by atoms with Crippen molar-refractivity contribution in [2.75, 3.05) is 18.9 Å². The molecule has 0 fully saturated rings. The van der Waals surface area contributed by atoms with Gasteiger partial charge in [0.1, 0.15) is 5.00 Å². The van der Waals surface area contributed by atoms with Gasteiger partial charge in [0.2, 0.25) is 0 Å². The standard InChI is InChI=1S/C10H15N3O3S/c1-6-8(10(11-2)17-13-6)9(16)12-5-3-4-7(14)15/h11H,3-5H2,1-2H3,(H,12,16)(H,14,15). The largest absolute Gasteiger partial charge is 0.481 e. The molecule has 94 valence electrons. The molecule has 1 heterocycles. The monoisotopic (exact) mass is 257 g/mol. The van der Waals surface area contributed by atoms with E-state index in [4.69, 9.17) is 5.11 Å². The summed E-state index contributed by atoms with van der Waals surface area (Å²) in [4.78, 5) is 22.1. The molecule has 6 nitrogen and oxygen atoms in total. The molecule has 0 saturated heterocycles. The average Bonchev–Trinajstić information content (AvgIpc) is 2.65. The number of aromatic nitrogens is 1. The Morgan fingerprint density at radius 2 is 2.18 bits per heavy atom. The number of nitrogens with zero attached hydrogens (tertiary/aromatic N) is 1. The third kappa shape index (κ3) is 3.70. The van der Waals surface area contributed by atoms with Gasteiger partial charge in [0.15, 0.2) is 0 Å². The first kappa shape index (κ1) is 13.4. The first-order chi connectivity index (χ1) is 8.06. The van der Waals surface area contributed by atoms with Gasteiger partial charge in [-0.1, -0.05) is 0 Å². The van der Waals surface area contributed by atoms with Crippen molar-refractivity contribution >= 4 is 28.4 Å². The lowest BCUT2D eigenvalue weighted by Gasteiger charge is -2.05. The lowest BCUT2D eigenvalue weighted by Crippen LogP contribution is -2.25. The van der Waals surface area contributed by atoms with Crippen LogP contribution in [0.15, 0.2) is 0 Å². The Balaban J connectivity index is 2.52. The molecule has 1 aromatic heterocycles. The van der Waals surface area contributed by atoms with Gasteiger partial charge in [0.05, 0.1) is 11.3 Å². The Morgan fingerprint density at radius 3 is 2.76 bits per heavy atom. The maximum atomic E-state index is 11.8. The predicted octanol–water partition coefficient (Wildman–Crippen LogP) is 1.09. The van der Waals surface area contributed by atoms with Crippen LogP contribution >= 0.6 is 11.5 Å². The van der Waals surface area contributed by atoms with E-state index in [0.29, 0.717) is 24.2 Å². The third-order valence-electron chi connectivity index (χ3n) is 2.17. The fraction of sp³-hybridized carbons (Fsp3) is 0.500. The highest BCUT2D eigenvalue weighted by Gasteiger charge is 2.16. The molecule has 0 atom stereocenters. The average molecular weight is 257 g/mol. The van der Waals surface area contributed by atoms with E-state index in [1.807, 2.05) is 0 Å². The summed E-state index contributed by atoms with van der Waals surface area (Å²) in [6.07, 6.45) is 0.479. The van der Waals surface area contributed by atoms with Gasteiger partial charge in [-0.2, -0.15) is 4.37 Å². The summed E-state index contributed by atoms with van der Waals surface area (Å²) in [5.41, 5.74) is 1.21. The lowest BCUT2D eigenvalue weighted by atomic mass is 10.2. The molecule has 0 radical (unpaired) electrons. The summed E-state index contributed by atoms with van der Waals surface area (Å²) >= 11 is 1.23. The Bertz CT molecular complexity index is 417. The smallest absolute Gasteiger partial charge is 0.303 e. The van der Waals surface area contributed by atoms with E-state index < -0.39 is 5.97 Å². The van der Waals surface area contributed by atoms with Gasteiger partial charge in [-0.25, -0.2) is 0 Å². The van der Waals surface area contributed by atoms with Crippen LogP contribution in [0.3, 0.4) is 0 Å². The Kier molecular flexibility index (Phi) is 4.89. The number of carbonyl (C=O) groups excluding carboxylic acids is 1. The van der Waals surface area contributed by atoms with Crippen molar-refractivity contribution in [3.63, 3.8) is 0 Å². The number of aliphatic carboxylic acids is 1. The van der Waals surface area contributed by atoms with Crippen LogP contribution in [-0.2, 0) is 4.79 Å². The van der Waals surface area contributed by atoms with E-state index >= 15 is 0 Å². The van der Waals surface area contributed by atoms with Crippen LogP contribution in [0.2, 0.25) is 0 Å². The summed E-state index contributed by atoms with van der Waals surface area (Å²) in [5.74, 6) is -1.07. The number of rotatable bonds is 6. The van der Waals surface area contributed by atoms with E-state index in [2.05, 4.69) is 15.0 Å². The second-order valence-corrected chi connectivity index (χ2v) is 4.25. The van der Waals surface area contributed by atoms with Crippen LogP contribution in [0.1, 0.15) is 28.9 Å². The maximum Gasteiger partial charge on any atom is 0.303 e. The minimum atomic E-state index is -0.858.